The maximum Gasteiger partial charge on any atom is 0.178 e. The van der Waals surface area contributed by atoms with Gasteiger partial charge in [0.15, 0.2) is 11.5 Å². The number of hydrogen-bond donors (Lipinski definition) is 1. The van der Waals surface area contributed by atoms with Gasteiger partial charge in [0, 0.05) is 23.0 Å². The van der Waals surface area contributed by atoms with E-state index in [0.717, 1.165) is 34.0 Å². The Morgan fingerprint density at radius 2 is 1.81 bits per heavy atom. The minimum absolute atomic E-state index is 0.0164. The Balaban J connectivity index is 1.80. The lowest BCUT2D eigenvalue weighted by Crippen LogP contribution is -2.12. The molecule has 5 nitrogen and oxygen atoms in total. The fraction of sp³-hybridized carbons (Fsp3) is 0.250. The van der Waals surface area contributed by atoms with Crippen molar-refractivity contribution < 1.29 is 0 Å². The summed E-state index contributed by atoms with van der Waals surface area (Å²) >= 11 is 6.30. The van der Waals surface area contributed by atoms with E-state index in [0.29, 0.717) is 10.7 Å². The van der Waals surface area contributed by atoms with Crippen LogP contribution < -0.4 is 0 Å². The zero-order valence-corrected chi connectivity index (χ0v) is 16.0. The molecule has 4 rings (SSSR count). The number of aryl methyl sites for hydroxylation is 1. The molecule has 0 atom stereocenters. The first-order valence-corrected chi connectivity index (χ1v) is 8.87. The lowest BCUT2D eigenvalue weighted by molar-refractivity contribution is 0.553. The number of imidazole rings is 1. The molecular weight excluding hydrogens is 346 g/mol. The topological polar surface area (TPSA) is 59.4 Å². The average Bonchev–Trinajstić information content (AvgIpc) is 3.17. The molecule has 26 heavy (non-hydrogen) atoms. The van der Waals surface area contributed by atoms with Gasteiger partial charge in [-0.25, -0.2) is 9.97 Å². The highest BCUT2D eigenvalue weighted by Crippen LogP contribution is 2.29. The standard InChI is InChI=1S/C20H20ClN5/c1-20(2,3)17-11-16(26(4)25-17)19-23-15-10-9-14(22-18(15)24-19)12-7-5-6-8-13(12)21/h5-11H,1-4H3,(H,22,23,24). The molecule has 0 saturated carbocycles. The predicted octanol–water partition coefficient (Wildman–Crippen LogP) is 4.98. The minimum atomic E-state index is -0.0164. The number of benzene rings is 1. The Bertz CT molecular complexity index is 1100. The van der Waals surface area contributed by atoms with Crippen LogP contribution in [-0.4, -0.2) is 24.7 Å². The number of halogens is 1. The van der Waals surface area contributed by atoms with Crippen molar-refractivity contribution in [3.8, 4) is 22.8 Å². The Morgan fingerprint density at radius 1 is 1.04 bits per heavy atom. The molecule has 0 bridgehead atoms. The summed E-state index contributed by atoms with van der Waals surface area (Å²) in [7, 11) is 1.93. The van der Waals surface area contributed by atoms with E-state index in [1.807, 2.05) is 48.1 Å². The Kier molecular flexibility index (Phi) is 3.84. The molecule has 3 heterocycles. The largest absolute Gasteiger partial charge is 0.335 e. The van der Waals surface area contributed by atoms with E-state index in [-0.39, 0.29) is 5.41 Å². The summed E-state index contributed by atoms with van der Waals surface area (Å²) in [5.41, 5.74) is 5.20. The monoisotopic (exact) mass is 365 g/mol. The van der Waals surface area contributed by atoms with Crippen molar-refractivity contribution in [1.82, 2.24) is 24.7 Å². The number of nitrogens with one attached hydrogen (secondary N) is 1. The Labute approximate surface area is 157 Å². The molecular formula is C20H20ClN5. The van der Waals surface area contributed by atoms with Crippen molar-refractivity contribution in [1.29, 1.82) is 0 Å². The van der Waals surface area contributed by atoms with Crippen molar-refractivity contribution in [2.75, 3.05) is 0 Å². The number of aromatic amines is 1. The van der Waals surface area contributed by atoms with Crippen LogP contribution in [0.4, 0.5) is 0 Å². The molecule has 0 saturated heterocycles. The van der Waals surface area contributed by atoms with Crippen LogP contribution in [0.25, 0.3) is 33.9 Å². The lowest BCUT2D eigenvalue weighted by Gasteiger charge is -2.13. The van der Waals surface area contributed by atoms with Gasteiger partial charge in [0.05, 0.1) is 16.9 Å². The number of rotatable bonds is 2. The third-order valence-corrected chi connectivity index (χ3v) is 4.72. The SMILES string of the molecule is Cn1nc(C(C)(C)C)cc1-c1nc2nc(-c3ccccc3Cl)ccc2[nH]1. The van der Waals surface area contributed by atoms with Crippen molar-refractivity contribution in [2.24, 2.45) is 7.05 Å². The van der Waals surface area contributed by atoms with Gasteiger partial charge >= 0.3 is 0 Å². The van der Waals surface area contributed by atoms with Gasteiger partial charge in [0.25, 0.3) is 0 Å². The van der Waals surface area contributed by atoms with Crippen LogP contribution in [0, 0.1) is 0 Å². The summed E-state index contributed by atoms with van der Waals surface area (Å²) in [6.07, 6.45) is 0. The van der Waals surface area contributed by atoms with Gasteiger partial charge in [0.1, 0.15) is 5.69 Å². The predicted molar refractivity (Wildman–Crippen MR) is 105 cm³/mol. The summed E-state index contributed by atoms with van der Waals surface area (Å²) in [4.78, 5) is 12.7. The van der Waals surface area contributed by atoms with Gasteiger partial charge in [-0.05, 0) is 24.3 Å². The van der Waals surface area contributed by atoms with Crippen LogP contribution >= 0.6 is 11.6 Å². The molecule has 1 N–H and O–H groups in total. The first-order valence-electron chi connectivity index (χ1n) is 8.49. The second-order valence-corrected chi connectivity index (χ2v) is 7.83. The summed E-state index contributed by atoms with van der Waals surface area (Å²) in [6.45, 7) is 6.44. The highest BCUT2D eigenvalue weighted by molar-refractivity contribution is 6.33. The van der Waals surface area contributed by atoms with Crippen molar-refractivity contribution in [3.63, 3.8) is 0 Å². The molecule has 6 heteroatoms. The van der Waals surface area contributed by atoms with Crippen LogP contribution in [0.3, 0.4) is 0 Å². The summed E-state index contributed by atoms with van der Waals surface area (Å²) < 4.78 is 1.85. The van der Waals surface area contributed by atoms with Gasteiger partial charge in [0.2, 0.25) is 0 Å². The van der Waals surface area contributed by atoms with Crippen molar-refractivity contribution in [2.45, 2.75) is 26.2 Å². The van der Waals surface area contributed by atoms with E-state index >= 15 is 0 Å². The molecule has 0 aliphatic rings. The maximum absolute atomic E-state index is 6.30. The second kappa shape index (κ2) is 5.95. The highest BCUT2D eigenvalue weighted by Gasteiger charge is 2.21. The molecule has 0 radical (unpaired) electrons. The van der Waals surface area contributed by atoms with E-state index in [4.69, 9.17) is 11.6 Å². The van der Waals surface area contributed by atoms with Crippen molar-refractivity contribution in [3.05, 3.63) is 53.2 Å². The minimum Gasteiger partial charge on any atom is -0.335 e. The smallest absolute Gasteiger partial charge is 0.178 e. The quantitative estimate of drug-likeness (QED) is 0.545. The maximum atomic E-state index is 6.30. The third kappa shape index (κ3) is 2.88. The van der Waals surface area contributed by atoms with E-state index in [1.165, 1.54) is 0 Å². The van der Waals surface area contributed by atoms with Crippen LogP contribution in [0.5, 0.6) is 0 Å². The number of nitrogens with zero attached hydrogens (tertiary/aromatic N) is 4. The molecule has 0 aliphatic carbocycles. The fourth-order valence-corrected chi connectivity index (χ4v) is 3.12. The molecule has 0 unspecified atom stereocenters. The molecule has 0 fully saturated rings. The zero-order chi connectivity index (χ0) is 18.5. The van der Waals surface area contributed by atoms with Crippen LogP contribution in [0.1, 0.15) is 26.5 Å². The summed E-state index contributed by atoms with van der Waals surface area (Å²) in [6, 6.07) is 13.7. The van der Waals surface area contributed by atoms with Crippen molar-refractivity contribution >= 4 is 22.8 Å². The first kappa shape index (κ1) is 16.8. The molecule has 1 aromatic carbocycles. The van der Waals surface area contributed by atoms with Gasteiger partial charge in [-0.1, -0.05) is 50.6 Å². The van der Waals surface area contributed by atoms with Gasteiger partial charge in [-0.2, -0.15) is 5.10 Å². The number of hydrogen-bond acceptors (Lipinski definition) is 3. The fourth-order valence-electron chi connectivity index (χ4n) is 2.89. The van der Waals surface area contributed by atoms with E-state index < -0.39 is 0 Å². The third-order valence-electron chi connectivity index (χ3n) is 4.39. The highest BCUT2D eigenvalue weighted by atomic mass is 35.5. The first-order chi connectivity index (χ1) is 12.3. The molecule has 132 valence electrons. The zero-order valence-electron chi connectivity index (χ0n) is 15.2. The van der Waals surface area contributed by atoms with E-state index in [2.05, 4.69) is 46.9 Å². The summed E-state index contributed by atoms with van der Waals surface area (Å²) in [5.74, 6) is 0.759. The number of fused-ring (bicyclic) bond motifs is 1. The number of H-pyrrole nitrogens is 1. The number of pyridine rings is 1. The molecule has 0 spiro atoms. The normalized spacial score (nSPS) is 12.0. The Hall–Kier alpha value is -2.66. The van der Waals surface area contributed by atoms with Crippen LogP contribution in [-0.2, 0) is 12.5 Å². The number of aromatic nitrogens is 5. The van der Waals surface area contributed by atoms with E-state index in [9.17, 15) is 0 Å². The molecule has 0 amide bonds. The van der Waals surface area contributed by atoms with Gasteiger partial charge in [-0.15, -0.1) is 0 Å². The van der Waals surface area contributed by atoms with Crippen LogP contribution in [0.2, 0.25) is 5.02 Å². The lowest BCUT2D eigenvalue weighted by atomic mass is 9.92. The molecule has 3 aromatic heterocycles. The second-order valence-electron chi connectivity index (χ2n) is 7.42. The van der Waals surface area contributed by atoms with Crippen LogP contribution in [0.15, 0.2) is 42.5 Å². The molecule has 0 aliphatic heterocycles. The van der Waals surface area contributed by atoms with Gasteiger partial charge < -0.3 is 4.98 Å². The molecule has 4 aromatic rings. The summed E-state index contributed by atoms with van der Waals surface area (Å²) in [5, 5.41) is 5.30. The Morgan fingerprint density at radius 3 is 2.50 bits per heavy atom. The van der Waals surface area contributed by atoms with Gasteiger partial charge in [-0.3, -0.25) is 4.68 Å². The van der Waals surface area contributed by atoms with E-state index in [1.54, 1.807) is 0 Å². The average molecular weight is 366 g/mol.